The number of hydrogen-bond donors (Lipinski definition) is 0. The number of rotatable bonds is 2. The van der Waals surface area contributed by atoms with Crippen LogP contribution in [0.5, 0.6) is 0 Å². The highest BCUT2D eigenvalue weighted by Gasteiger charge is 2.15. The SMILES string of the molecule is CN(C)OC(=O)c1cc(I)cc(I)c1I. The number of hydroxylamine groups is 2. The highest BCUT2D eigenvalue weighted by molar-refractivity contribution is 14.1. The third kappa shape index (κ3) is 3.97. The van der Waals surface area contributed by atoms with Crippen molar-refractivity contribution in [2.45, 2.75) is 0 Å². The van der Waals surface area contributed by atoms with Gasteiger partial charge in [0.25, 0.3) is 0 Å². The Kier molecular flexibility index (Phi) is 5.52. The highest BCUT2D eigenvalue weighted by atomic mass is 127. The summed E-state index contributed by atoms with van der Waals surface area (Å²) in [7, 11) is 3.37. The van der Waals surface area contributed by atoms with Gasteiger partial charge in [0.2, 0.25) is 0 Å². The maximum atomic E-state index is 11.7. The molecular weight excluding hydrogens is 535 g/mol. The van der Waals surface area contributed by atoms with E-state index < -0.39 is 0 Å². The van der Waals surface area contributed by atoms with Gasteiger partial charge in [0, 0.05) is 24.8 Å². The standard InChI is InChI=1S/C9H8I3NO2/c1-13(2)15-9(14)6-3-5(10)4-7(11)8(6)12/h3-4H,1-2H3. The van der Waals surface area contributed by atoms with Crippen LogP contribution < -0.4 is 0 Å². The van der Waals surface area contributed by atoms with Gasteiger partial charge < -0.3 is 4.84 Å². The van der Waals surface area contributed by atoms with E-state index in [1.54, 1.807) is 14.1 Å². The Balaban J connectivity index is 3.08. The first-order valence-electron chi connectivity index (χ1n) is 3.96. The van der Waals surface area contributed by atoms with Crippen molar-refractivity contribution in [3.63, 3.8) is 0 Å². The molecule has 6 heteroatoms. The minimum atomic E-state index is -0.319. The topological polar surface area (TPSA) is 29.5 Å². The summed E-state index contributed by atoms with van der Waals surface area (Å²) in [4.78, 5) is 16.7. The second-order valence-electron chi connectivity index (χ2n) is 2.94. The third-order valence-corrected chi connectivity index (χ3v) is 5.15. The van der Waals surface area contributed by atoms with E-state index in [0.717, 1.165) is 10.7 Å². The molecule has 0 unspecified atom stereocenters. The van der Waals surface area contributed by atoms with Crippen LogP contribution in [0.3, 0.4) is 0 Å². The molecule has 0 saturated heterocycles. The van der Waals surface area contributed by atoms with Crippen LogP contribution in [0.15, 0.2) is 12.1 Å². The summed E-state index contributed by atoms with van der Waals surface area (Å²) in [5, 5.41) is 1.39. The second-order valence-corrected chi connectivity index (χ2v) is 6.43. The number of carbonyl (C=O) groups excluding carboxylic acids is 1. The predicted molar refractivity (Wildman–Crippen MR) is 83.7 cm³/mol. The van der Waals surface area contributed by atoms with Gasteiger partial charge >= 0.3 is 5.97 Å². The highest BCUT2D eigenvalue weighted by Crippen LogP contribution is 2.23. The molecule has 3 nitrogen and oxygen atoms in total. The Morgan fingerprint density at radius 3 is 2.40 bits per heavy atom. The van der Waals surface area contributed by atoms with Crippen LogP contribution in [-0.4, -0.2) is 25.1 Å². The lowest BCUT2D eigenvalue weighted by atomic mass is 10.2. The summed E-state index contributed by atoms with van der Waals surface area (Å²) in [6, 6.07) is 3.85. The maximum Gasteiger partial charge on any atom is 0.358 e. The maximum absolute atomic E-state index is 11.7. The van der Waals surface area contributed by atoms with Crippen molar-refractivity contribution in [3.8, 4) is 0 Å². The van der Waals surface area contributed by atoms with Crippen molar-refractivity contribution in [2.75, 3.05) is 14.1 Å². The van der Waals surface area contributed by atoms with Crippen molar-refractivity contribution in [1.29, 1.82) is 0 Å². The Morgan fingerprint density at radius 1 is 1.27 bits per heavy atom. The van der Waals surface area contributed by atoms with Gasteiger partial charge in [-0.15, -0.1) is 5.06 Å². The van der Waals surface area contributed by atoms with Crippen LogP contribution in [0.1, 0.15) is 10.4 Å². The van der Waals surface area contributed by atoms with Crippen LogP contribution in [0.4, 0.5) is 0 Å². The molecule has 0 aliphatic rings. The van der Waals surface area contributed by atoms with Gasteiger partial charge in [-0.05, 0) is 79.9 Å². The molecule has 0 atom stereocenters. The molecule has 1 aromatic carbocycles. The van der Waals surface area contributed by atoms with Crippen molar-refractivity contribution in [2.24, 2.45) is 0 Å². The molecule has 0 N–H and O–H groups in total. The lowest BCUT2D eigenvalue weighted by molar-refractivity contribution is -0.0714. The van der Waals surface area contributed by atoms with Gasteiger partial charge in [0.05, 0.1) is 5.56 Å². The summed E-state index contributed by atoms with van der Waals surface area (Å²) in [6.07, 6.45) is 0. The number of nitrogens with zero attached hydrogens (tertiary/aromatic N) is 1. The van der Waals surface area contributed by atoms with E-state index in [1.165, 1.54) is 5.06 Å². The van der Waals surface area contributed by atoms with Gasteiger partial charge in [-0.1, -0.05) is 0 Å². The molecule has 1 aromatic rings. The number of carbonyl (C=O) groups is 1. The minimum Gasteiger partial charge on any atom is -0.364 e. The second kappa shape index (κ2) is 5.96. The zero-order valence-electron chi connectivity index (χ0n) is 8.05. The van der Waals surface area contributed by atoms with Gasteiger partial charge in [0.1, 0.15) is 0 Å². The fraction of sp³-hybridized carbons (Fsp3) is 0.222. The Bertz CT molecular complexity index is 393. The van der Waals surface area contributed by atoms with Crippen molar-refractivity contribution in [3.05, 3.63) is 28.4 Å². The Morgan fingerprint density at radius 2 is 1.87 bits per heavy atom. The van der Waals surface area contributed by atoms with E-state index >= 15 is 0 Å². The van der Waals surface area contributed by atoms with Crippen molar-refractivity contribution >= 4 is 73.7 Å². The summed E-state index contributed by atoms with van der Waals surface area (Å²) in [6.45, 7) is 0. The average Bonchev–Trinajstić information content (AvgIpc) is 2.09. The molecule has 0 spiro atoms. The van der Waals surface area contributed by atoms with Crippen LogP contribution in [0, 0.1) is 10.7 Å². The first kappa shape index (κ1) is 13.9. The molecule has 0 saturated carbocycles. The molecule has 0 aliphatic heterocycles. The molecule has 0 radical (unpaired) electrons. The molecule has 0 bridgehead atoms. The van der Waals surface area contributed by atoms with Crippen LogP contribution >= 0.6 is 67.8 Å². The lowest BCUT2D eigenvalue weighted by Gasteiger charge is -2.11. The first-order valence-corrected chi connectivity index (χ1v) is 7.19. The van der Waals surface area contributed by atoms with E-state index in [9.17, 15) is 4.79 Å². The van der Waals surface area contributed by atoms with Crippen LogP contribution in [0.25, 0.3) is 0 Å². The molecule has 1 rings (SSSR count). The molecule has 0 heterocycles. The largest absolute Gasteiger partial charge is 0.364 e. The minimum absolute atomic E-state index is 0.319. The Labute approximate surface area is 129 Å². The molecule has 0 aliphatic carbocycles. The first-order chi connectivity index (χ1) is 6.91. The summed E-state index contributed by atoms with van der Waals surface area (Å²) in [5.41, 5.74) is 0.612. The van der Waals surface area contributed by atoms with Gasteiger partial charge in [-0.25, -0.2) is 4.79 Å². The molecule has 82 valence electrons. The number of benzene rings is 1. The van der Waals surface area contributed by atoms with E-state index in [2.05, 4.69) is 67.8 Å². The van der Waals surface area contributed by atoms with Crippen molar-refractivity contribution < 1.29 is 9.63 Å². The van der Waals surface area contributed by atoms with Gasteiger partial charge in [-0.2, -0.15) is 0 Å². The molecule has 0 aromatic heterocycles. The monoisotopic (exact) mass is 543 g/mol. The Hall–Kier alpha value is 0.840. The summed E-state index contributed by atoms with van der Waals surface area (Å²) >= 11 is 6.55. The van der Waals surface area contributed by atoms with E-state index in [-0.39, 0.29) is 5.97 Å². The molecular formula is C9H8I3NO2. The number of halogens is 3. The molecule has 15 heavy (non-hydrogen) atoms. The average molecular weight is 543 g/mol. The van der Waals surface area contributed by atoms with Crippen LogP contribution in [0.2, 0.25) is 0 Å². The molecule has 0 amide bonds. The lowest BCUT2D eigenvalue weighted by Crippen LogP contribution is -2.19. The normalized spacial score (nSPS) is 10.5. The quantitative estimate of drug-likeness (QED) is 0.327. The fourth-order valence-corrected chi connectivity index (χ4v) is 3.30. The van der Waals surface area contributed by atoms with Crippen LogP contribution in [-0.2, 0) is 4.84 Å². The smallest absolute Gasteiger partial charge is 0.358 e. The zero-order valence-corrected chi connectivity index (χ0v) is 14.5. The van der Waals surface area contributed by atoms with Gasteiger partial charge in [0.15, 0.2) is 0 Å². The van der Waals surface area contributed by atoms with E-state index in [0.29, 0.717) is 5.56 Å². The third-order valence-electron chi connectivity index (χ3n) is 1.48. The van der Waals surface area contributed by atoms with Gasteiger partial charge in [-0.3, -0.25) is 0 Å². The predicted octanol–water partition coefficient (Wildman–Crippen LogP) is 3.13. The van der Waals surface area contributed by atoms with E-state index in [4.69, 9.17) is 4.84 Å². The van der Waals surface area contributed by atoms with E-state index in [1.807, 2.05) is 12.1 Å². The molecule has 0 fully saturated rings. The zero-order chi connectivity index (χ0) is 11.6. The number of hydrogen-bond acceptors (Lipinski definition) is 3. The van der Waals surface area contributed by atoms with Crippen molar-refractivity contribution in [1.82, 2.24) is 5.06 Å². The summed E-state index contributed by atoms with van der Waals surface area (Å²) in [5.74, 6) is -0.319. The summed E-state index contributed by atoms with van der Waals surface area (Å²) < 4.78 is 3.02. The fourth-order valence-electron chi connectivity index (χ4n) is 0.920.